The summed E-state index contributed by atoms with van der Waals surface area (Å²) in [6.07, 6.45) is -7.80. The van der Waals surface area contributed by atoms with Gasteiger partial charge in [0.2, 0.25) is 5.91 Å². The van der Waals surface area contributed by atoms with Crippen molar-refractivity contribution in [3.8, 4) is 0 Å². The van der Waals surface area contributed by atoms with Gasteiger partial charge in [-0.15, -0.1) is 0 Å². The second-order valence-electron chi connectivity index (χ2n) is 10.7. The predicted molar refractivity (Wildman–Crippen MR) is 156 cm³/mol. The number of carbonyl (C=O) groups excluding carboxylic acids is 2. The van der Waals surface area contributed by atoms with Gasteiger partial charge in [-0.3, -0.25) is 14.5 Å². The lowest BCUT2D eigenvalue weighted by molar-refractivity contribution is -0.143. The second-order valence-corrected chi connectivity index (χ2v) is 11.5. The van der Waals surface area contributed by atoms with Crippen LogP contribution in [0.5, 0.6) is 0 Å². The Balaban J connectivity index is 1.43. The molecule has 1 saturated heterocycles. The number of benzene rings is 2. The molecule has 0 saturated carbocycles. The first kappa shape index (κ1) is 34.6. The first-order chi connectivity index (χ1) is 21.1. The largest absolute Gasteiger partial charge is 0.468 e. The van der Waals surface area contributed by atoms with Crippen molar-refractivity contribution in [3.63, 3.8) is 0 Å². The Labute approximate surface area is 265 Å². The molecule has 2 N–H and O–H groups in total. The van der Waals surface area contributed by atoms with Crippen LogP contribution in [0.2, 0.25) is 10.0 Å². The highest BCUT2D eigenvalue weighted by Gasteiger charge is 2.37. The van der Waals surface area contributed by atoms with E-state index < -0.39 is 41.0 Å². The molecule has 3 aromatic rings. The van der Waals surface area contributed by atoms with Gasteiger partial charge in [0.15, 0.2) is 0 Å². The Morgan fingerprint density at radius 2 is 1.71 bits per heavy atom. The quantitative estimate of drug-likeness (QED) is 0.218. The summed E-state index contributed by atoms with van der Waals surface area (Å²) in [4.78, 5) is 29.8. The molecule has 2 heterocycles. The van der Waals surface area contributed by atoms with Gasteiger partial charge in [0.25, 0.3) is 5.91 Å². The van der Waals surface area contributed by atoms with Crippen molar-refractivity contribution in [2.75, 3.05) is 32.7 Å². The summed E-state index contributed by atoms with van der Waals surface area (Å²) in [6, 6.07) is 8.63. The van der Waals surface area contributed by atoms with Crippen molar-refractivity contribution >= 4 is 35.0 Å². The van der Waals surface area contributed by atoms with Crippen LogP contribution in [-0.2, 0) is 23.7 Å². The maximum absolute atomic E-state index is 13.5. The number of halogens is 8. The summed E-state index contributed by atoms with van der Waals surface area (Å²) < 4.78 is 85.0. The van der Waals surface area contributed by atoms with E-state index in [9.17, 15) is 35.9 Å². The number of carbonyl (C=O) groups is 2. The topological polar surface area (TPSA) is 77.8 Å². The van der Waals surface area contributed by atoms with Crippen molar-refractivity contribution in [2.45, 2.75) is 44.3 Å². The number of furan rings is 1. The third-order valence-electron chi connectivity index (χ3n) is 7.48. The monoisotopic (exact) mass is 678 g/mol. The molecule has 2 amide bonds. The maximum atomic E-state index is 13.5. The molecule has 15 heteroatoms. The highest BCUT2D eigenvalue weighted by molar-refractivity contribution is 6.42. The van der Waals surface area contributed by atoms with Gasteiger partial charge in [-0.05, 0) is 61.4 Å². The summed E-state index contributed by atoms with van der Waals surface area (Å²) in [5.74, 6) is -0.664. The van der Waals surface area contributed by atoms with Crippen LogP contribution in [-0.4, -0.2) is 60.4 Å². The molecule has 1 aromatic heterocycles. The molecule has 2 aromatic carbocycles. The predicted octanol–water partition coefficient (Wildman–Crippen LogP) is 6.81. The van der Waals surface area contributed by atoms with Gasteiger partial charge in [0, 0.05) is 37.8 Å². The van der Waals surface area contributed by atoms with Crippen molar-refractivity contribution < 1.29 is 40.3 Å². The molecule has 0 aliphatic carbocycles. The summed E-state index contributed by atoms with van der Waals surface area (Å²) in [5.41, 5.74) is -3.39. The van der Waals surface area contributed by atoms with E-state index in [0.29, 0.717) is 35.8 Å². The molecule has 1 aliphatic heterocycles. The Morgan fingerprint density at radius 3 is 2.31 bits per heavy atom. The van der Waals surface area contributed by atoms with Gasteiger partial charge in [0.1, 0.15) is 5.76 Å². The SMILES string of the molecule is CC(c1ccc(Cl)c(Cl)c1)N(CCNC(=O)c1cc(C(F)(F)F)cc(C(F)(F)F)c1)C(=O)CNC1CCN(Cc2ccco2)C1. The third kappa shape index (κ3) is 9.38. The Morgan fingerprint density at radius 1 is 1.02 bits per heavy atom. The van der Waals surface area contributed by atoms with E-state index in [1.54, 1.807) is 31.4 Å². The normalized spacial score (nSPS) is 16.5. The van der Waals surface area contributed by atoms with E-state index in [1.807, 2.05) is 12.1 Å². The average molecular weight is 679 g/mol. The fourth-order valence-corrected chi connectivity index (χ4v) is 5.37. The Kier molecular flexibility index (Phi) is 11.1. The molecule has 1 aliphatic rings. The van der Waals surface area contributed by atoms with Crippen LogP contribution in [0.4, 0.5) is 26.3 Å². The number of likely N-dealkylation sites (tertiary alicyclic amines) is 1. The molecular formula is C30H30Cl2F6N4O3. The van der Waals surface area contributed by atoms with E-state index in [1.165, 1.54) is 4.90 Å². The minimum Gasteiger partial charge on any atom is -0.468 e. The fourth-order valence-electron chi connectivity index (χ4n) is 5.06. The second kappa shape index (κ2) is 14.4. The number of amides is 2. The van der Waals surface area contributed by atoms with Gasteiger partial charge >= 0.3 is 12.4 Å². The number of hydrogen-bond acceptors (Lipinski definition) is 5. The summed E-state index contributed by atoms with van der Waals surface area (Å²) in [5, 5.41) is 6.16. The number of rotatable bonds is 11. The van der Waals surface area contributed by atoms with E-state index in [0.717, 1.165) is 18.7 Å². The highest BCUT2D eigenvalue weighted by Crippen LogP contribution is 2.36. The fraction of sp³-hybridized carbons (Fsp3) is 0.400. The lowest BCUT2D eigenvalue weighted by Crippen LogP contribution is -2.46. The number of nitrogens with zero attached hydrogens (tertiary/aromatic N) is 2. The van der Waals surface area contributed by atoms with Crippen LogP contribution < -0.4 is 10.6 Å². The minimum absolute atomic E-state index is 0.0227. The molecule has 0 spiro atoms. The lowest BCUT2D eigenvalue weighted by atomic mass is 10.0. The van der Waals surface area contributed by atoms with Gasteiger partial charge in [-0.1, -0.05) is 29.3 Å². The summed E-state index contributed by atoms with van der Waals surface area (Å²) in [6.45, 7) is 3.43. The van der Waals surface area contributed by atoms with Crippen LogP contribution in [0.1, 0.15) is 52.2 Å². The molecule has 1 fully saturated rings. The number of alkyl halides is 6. The van der Waals surface area contributed by atoms with Crippen LogP contribution in [0, 0.1) is 0 Å². The zero-order valence-corrected chi connectivity index (χ0v) is 25.5. The minimum atomic E-state index is -5.10. The highest BCUT2D eigenvalue weighted by atomic mass is 35.5. The van der Waals surface area contributed by atoms with Gasteiger partial charge in [-0.25, -0.2) is 0 Å². The molecule has 2 atom stereocenters. The van der Waals surface area contributed by atoms with Crippen LogP contribution in [0.15, 0.2) is 59.2 Å². The molecule has 0 radical (unpaired) electrons. The summed E-state index contributed by atoms with van der Waals surface area (Å²) >= 11 is 12.2. The van der Waals surface area contributed by atoms with E-state index in [-0.39, 0.29) is 42.7 Å². The Bertz CT molecular complexity index is 1450. The molecule has 0 bridgehead atoms. The molecule has 7 nitrogen and oxygen atoms in total. The average Bonchev–Trinajstić information content (AvgIpc) is 3.66. The van der Waals surface area contributed by atoms with Crippen LogP contribution >= 0.6 is 23.2 Å². The smallest absolute Gasteiger partial charge is 0.416 e. The first-order valence-electron chi connectivity index (χ1n) is 13.9. The van der Waals surface area contributed by atoms with Gasteiger partial charge in [0.05, 0.1) is 46.6 Å². The molecular weight excluding hydrogens is 649 g/mol. The van der Waals surface area contributed by atoms with Crippen LogP contribution in [0.3, 0.4) is 0 Å². The number of nitrogens with one attached hydrogen (secondary N) is 2. The van der Waals surface area contributed by atoms with E-state index in [4.69, 9.17) is 27.6 Å². The maximum Gasteiger partial charge on any atom is 0.416 e. The molecule has 2 unspecified atom stereocenters. The van der Waals surface area contributed by atoms with Gasteiger partial charge in [-0.2, -0.15) is 26.3 Å². The third-order valence-corrected chi connectivity index (χ3v) is 8.21. The first-order valence-corrected chi connectivity index (χ1v) is 14.7. The standard InChI is InChI=1S/C30H30Cl2F6N4O3/c1-18(19-4-5-25(31)26(32)13-19)42(27(43)15-40-23-6-8-41(16-23)17-24-3-2-10-45-24)9-7-39-28(44)20-11-21(29(33,34)35)14-22(12-20)30(36,37)38/h2-5,10-14,18,23,40H,6-9,15-17H2,1H3,(H,39,44). The Hall–Kier alpha value is -3.26. The molecule has 4 rings (SSSR count). The van der Waals surface area contributed by atoms with E-state index in [2.05, 4.69) is 15.5 Å². The van der Waals surface area contributed by atoms with E-state index >= 15 is 0 Å². The van der Waals surface area contributed by atoms with Crippen molar-refractivity contribution in [1.29, 1.82) is 0 Å². The zero-order valence-electron chi connectivity index (χ0n) is 23.9. The van der Waals surface area contributed by atoms with Crippen molar-refractivity contribution in [2.24, 2.45) is 0 Å². The van der Waals surface area contributed by atoms with Crippen molar-refractivity contribution in [3.05, 3.63) is 92.9 Å². The molecule has 244 valence electrons. The molecule has 45 heavy (non-hydrogen) atoms. The zero-order chi connectivity index (χ0) is 32.9. The lowest BCUT2D eigenvalue weighted by Gasteiger charge is -2.31. The summed E-state index contributed by atoms with van der Waals surface area (Å²) in [7, 11) is 0. The van der Waals surface area contributed by atoms with Gasteiger partial charge < -0.3 is 20.0 Å². The van der Waals surface area contributed by atoms with Crippen LogP contribution in [0.25, 0.3) is 0 Å². The van der Waals surface area contributed by atoms with Crippen molar-refractivity contribution in [1.82, 2.24) is 20.4 Å². The number of hydrogen-bond donors (Lipinski definition) is 2.